The molecule has 3 rings (SSSR count). The lowest BCUT2D eigenvalue weighted by Gasteiger charge is -2.34. The second-order valence-corrected chi connectivity index (χ2v) is 7.37. The van der Waals surface area contributed by atoms with Gasteiger partial charge in [0.05, 0.1) is 0 Å². The van der Waals surface area contributed by atoms with Gasteiger partial charge in [-0.1, -0.05) is 29.8 Å². The SMILES string of the molecule is Cc1ccc(NC(=O)N2CCN(CCc3cccc(Cl)c3)CC2)cc1C. The van der Waals surface area contributed by atoms with Crippen molar-refractivity contribution in [1.29, 1.82) is 0 Å². The summed E-state index contributed by atoms with van der Waals surface area (Å²) in [4.78, 5) is 16.8. The number of nitrogens with zero attached hydrogens (tertiary/aromatic N) is 2. The van der Waals surface area contributed by atoms with E-state index in [1.165, 1.54) is 16.7 Å². The van der Waals surface area contributed by atoms with E-state index in [9.17, 15) is 4.79 Å². The molecule has 0 atom stereocenters. The summed E-state index contributed by atoms with van der Waals surface area (Å²) in [5, 5.41) is 3.80. The van der Waals surface area contributed by atoms with E-state index in [1.54, 1.807) is 0 Å². The van der Waals surface area contributed by atoms with Crippen molar-refractivity contribution in [2.24, 2.45) is 0 Å². The van der Waals surface area contributed by atoms with E-state index < -0.39 is 0 Å². The van der Waals surface area contributed by atoms with Gasteiger partial charge < -0.3 is 10.2 Å². The maximum absolute atomic E-state index is 12.5. The molecular formula is C21H26ClN3O. The van der Waals surface area contributed by atoms with Crippen molar-refractivity contribution in [3.63, 3.8) is 0 Å². The number of amides is 2. The van der Waals surface area contributed by atoms with Crippen LogP contribution in [0.1, 0.15) is 16.7 Å². The van der Waals surface area contributed by atoms with Crippen LogP contribution in [0.25, 0.3) is 0 Å². The molecule has 4 nitrogen and oxygen atoms in total. The Morgan fingerprint density at radius 2 is 1.81 bits per heavy atom. The smallest absolute Gasteiger partial charge is 0.321 e. The van der Waals surface area contributed by atoms with Crippen LogP contribution in [0.15, 0.2) is 42.5 Å². The van der Waals surface area contributed by atoms with Gasteiger partial charge in [-0.05, 0) is 61.2 Å². The molecule has 0 saturated carbocycles. The summed E-state index contributed by atoms with van der Waals surface area (Å²) in [6.45, 7) is 8.44. The molecule has 0 aliphatic carbocycles. The van der Waals surface area contributed by atoms with Gasteiger partial charge in [0, 0.05) is 43.4 Å². The van der Waals surface area contributed by atoms with Crippen LogP contribution in [0.4, 0.5) is 10.5 Å². The maximum Gasteiger partial charge on any atom is 0.321 e. The highest BCUT2D eigenvalue weighted by Gasteiger charge is 2.21. The highest BCUT2D eigenvalue weighted by molar-refractivity contribution is 6.30. The predicted molar refractivity (Wildman–Crippen MR) is 108 cm³/mol. The molecule has 0 spiro atoms. The third-order valence-electron chi connectivity index (χ3n) is 5.02. The average molecular weight is 372 g/mol. The number of anilines is 1. The molecule has 2 aromatic rings. The van der Waals surface area contributed by atoms with Gasteiger partial charge >= 0.3 is 6.03 Å². The number of benzene rings is 2. The first-order valence-corrected chi connectivity index (χ1v) is 9.49. The van der Waals surface area contributed by atoms with E-state index in [2.05, 4.69) is 30.1 Å². The van der Waals surface area contributed by atoms with Gasteiger partial charge in [-0.15, -0.1) is 0 Å². The summed E-state index contributed by atoms with van der Waals surface area (Å²) >= 11 is 6.04. The van der Waals surface area contributed by atoms with Crippen molar-refractivity contribution < 1.29 is 4.79 Å². The Kier molecular flexibility index (Phi) is 6.17. The molecule has 0 aromatic heterocycles. The molecule has 0 radical (unpaired) electrons. The topological polar surface area (TPSA) is 35.6 Å². The van der Waals surface area contributed by atoms with Crippen LogP contribution in [-0.4, -0.2) is 48.6 Å². The minimum absolute atomic E-state index is 0.0113. The molecular weight excluding hydrogens is 346 g/mol. The highest BCUT2D eigenvalue weighted by Crippen LogP contribution is 2.16. The first-order valence-electron chi connectivity index (χ1n) is 9.11. The molecule has 26 heavy (non-hydrogen) atoms. The van der Waals surface area contributed by atoms with E-state index >= 15 is 0 Å². The number of nitrogens with one attached hydrogen (secondary N) is 1. The largest absolute Gasteiger partial charge is 0.322 e. The molecule has 1 aliphatic heterocycles. The third-order valence-corrected chi connectivity index (χ3v) is 5.26. The molecule has 2 aromatic carbocycles. The summed E-state index contributed by atoms with van der Waals surface area (Å²) in [7, 11) is 0. The molecule has 1 fully saturated rings. The number of carbonyl (C=O) groups is 1. The molecule has 5 heteroatoms. The second-order valence-electron chi connectivity index (χ2n) is 6.94. The monoisotopic (exact) mass is 371 g/mol. The Hall–Kier alpha value is -2.04. The standard InChI is InChI=1S/C21H26ClN3O/c1-16-6-7-20(14-17(16)2)23-21(26)25-12-10-24(11-13-25)9-8-18-4-3-5-19(22)15-18/h3-7,14-15H,8-13H2,1-2H3,(H,23,26). The number of hydrogen-bond donors (Lipinski definition) is 1. The second kappa shape index (κ2) is 8.56. The number of hydrogen-bond acceptors (Lipinski definition) is 2. The van der Waals surface area contributed by atoms with Crippen LogP contribution in [0, 0.1) is 13.8 Å². The van der Waals surface area contributed by atoms with Crippen LogP contribution in [0.2, 0.25) is 5.02 Å². The Bertz CT molecular complexity index is 770. The van der Waals surface area contributed by atoms with Gasteiger partial charge in [0.2, 0.25) is 0 Å². The van der Waals surface area contributed by atoms with Gasteiger partial charge in [-0.3, -0.25) is 4.90 Å². The summed E-state index contributed by atoms with van der Waals surface area (Å²) in [5.41, 5.74) is 4.54. The molecule has 1 heterocycles. The van der Waals surface area contributed by atoms with Gasteiger partial charge in [-0.25, -0.2) is 4.79 Å². The molecule has 2 amide bonds. The van der Waals surface area contributed by atoms with Gasteiger partial charge in [0.1, 0.15) is 0 Å². The zero-order chi connectivity index (χ0) is 18.5. The summed E-state index contributed by atoms with van der Waals surface area (Å²) in [6, 6.07) is 14.0. The number of aryl methyl sites for hydroxylation is 2. The first-order chi connectivity index (χ1) is 12.5. The van der Waals surface area contributed by atoms with Crippen LogP contribution in [0.5, 0.6) is 0 Å². The van der Waals surface area contributed by atoms with Crippen molar-refractivity contribution in [2.45, 2.75) is 20.3 Å². The zero-order valence-electron chi connectivity index (χ0n) is 15.5. The lowest BCUT2D eigenvalue weighted by Crippen LogP contribution is -2.50. The predicted octanol–water partition coefficient (Wildman–Crippen LogP) is 4.35. The third kappa shape index (κ3) is 4.99. The summed E-state index contributed by atoms with van der Waals surface area (Å²) < 4.78 is 0. The van der Waals surface area contributed by atoms with Crippen LogP contribution >= 0.6 is 11.6 Å². The minimum atomic E-state index is -0.0113. The molecule has 138 valence electrons. The molecule has 0 unspecified atom stereocenters. The van der Waals surface area contributed by atoms with E-state index in [0.29, 0.717) is 0 Å². The van der Waals surface area contributed by atoms with Gasteiger partial charge in [0.15, 0.2) is 0 Å². The number of halogens is 1. The quantitative estimate of drug-likeness (QED) is 0.867. The molecule has 1 N–H and O–H groups in total. The van der Waals surface area contributed by atoms with Crippen LogP contribution < -0.4 is 5.32 Å². The zero-order valence-corrected chi connectivity index (χ0v) is 16.2. The normalized spacial score (nSPS) is 15.1. The molecule has 0 bridgehead atoms. The number of rotatable bonds is 4. The summed E-state index contributed by atoms with van der Waals surface area (Å²) in [5.74, 6) is 0. The number of carbonyl (C=O) groups excluding carboxylic acids is 1. The van der Waals surface area contributed by atoms with Crippen molar-refractivity contribution in [1.82, 2.24) is 9.80 Å². The van der Waals surface area contributed by atoms with Crippen molar-refractivity contribution in [3.05, 3.63) is 64.2 Å². The fourth-order valence-electron chi connectivity index (χ4n) is 3.18. The van der Waals surface area contributed by atoms with E-state index in [-0.39, 0.29) is 6.03 Å². The Balaban J connectivity index is 1.45. The van der Waals surface area contributed by atoms with Crippen molar-refractivity contribution in [2.75, 3.05) is 38.0 Å². The fraction of sp³-hybridized carbons (Fsp3) is 0.381. The average Bonchev–Trinajstić information content (AvgIpc) is 2.63. The Morgan fingerprint density at radius 3 is 2.50 bits per heavy atom. The van der Waals surface area contributed by atoms with Gasteiger partial charge in [-0.2, -0.15) is 0 Å². The van der Waals surface area contributed by atoms with Crippen molar-refractivity contribution in [3.8, 4) is 0 Å². The van der Waals surface area contributed by atoms with Crippen LogP contribution in [0.3, 0.4) is 0 Å². The number of piperazine rings is 1. The van der Waals surface area contributed by atoms with Gasteiger partial charge in [0.25, 0.3) is 0 Å². The van der Waals surface area contributed by atoms with Crippen LogP contribution in [-0.2, 0) is 6.42 Å². The van der Waals surface area contributed by atoms with Crippen molar-refractivity contribution >= 4 is 23.3 Å². The Morgan fingerprint density at radius 1 is 1.04 bits per heavy atom. The Labute approximate surface area is 160 Å². The highest BCUT2D eigenvalue weighted by atomic mass is 35.5. The number of urea groups is 1. The minimum Gasteiger partial charge on any atom is -0.322 e. The molecule has 1 saturated heterocycles. The maximum atomic E-state index is 12.5. The first kappa shape index (κ1) is 18.7. The lowest BCUT2D eigenvalue weighted by atomic mass is 10.1. The fourth-order valence-corrected chi connectivity index (χ4v) is 3.39. The summed E-state index contributed by atoms with van der Waals surface area (Å²) in [6.07, 6.45) is 0.982. The lowest BCUT2D eigenvalue weighted by molar-refractivity contribution is 0.148. The van der Waals surface area contributed by atoms with E-state index in [0.717, 1.165) is 49.9 Å². The van der Waals surface area contributed by atoms with E-state index in [4.69, 9.17) is 11.6 Å². The van der Waals surface area contributed by atoms with E-state index in [1.807, 2.05) is 41.3 Å². The molecule has 1 aliphatic rings.